The van der Waals surface area contributed by atoms with Gasteiger partial charge in [0, 0.05) is 44.1 Å². The SMILES string of the molecule is N[C@H](C(=O)Cc1cccc(F)c1CC[C@H]1CN[C@@H]2CCCS(=O)(=O)N1C2)[C@@H](c1ccc(F)cc1)C1CCCCO1. The number of nitrogens with zero attached hydrogens (tertiary/aromatic N) is 1. The smallest absolute Gasteiger partial charge is 0.214 e. The predicted molar refractivity (Wildman–Crippen MR) is 149 cm³/mol. The molecule has 3 N–H and O–H groups in total. The van der Waals surface area contributed by atoms with E-state index in [1.54, 1.807) is 28.6 Å². The van der Waals surface area contributed by atoms with Gasteiger partial charge in [-0.1, -0.05) is 24.3 Å². The molecule has 0 amide bonds. The molecule has 0 radical (unpaired) electrons. The normalized spacial score (nSPS) is 27.9. The van der Waals surface area contributed by atoms with Crippen molar-refractivity contribution >= 4 is 15.8 Å². The van der Waals surface area contributed by atoms with Crippen LogP contribution in [0.2, 0.25) is 0 Å². The van der Waals surface area contributed by atoms with E-state index in [-0.39, 0.29) is 42.0 Å². The number of carbonyl (C=O) groups is 1. The lowest BCUT2D eigenvalue weighted by molar-refractivity contribution is -0.121. The van der Waals surface area contributed by atoms with Crippen LogP contribution in [0.15, 0.2) is 42.5 Å². The standard InChI is InChI=1S/C30H39F2N3O4S/c31-22-11-9-20(10-12-22)29(28-8-1-2-15-39-28)30(33)27(36)17-21-5-3-7-26(32)25(21)14-13-24-18-34-23-6-4-16-40(37,38)35(24)19-23/h3,5,7,9-12,23-24,28-30,34H,1-2,4,6,8,13-19,33H2/t23-,24+,28?,29+,30-/m1/s1. The zero-order valence-corrected chi connectivity index (χ0v) is 23.6. The van der Waals surface area contributed by atoms with Crippen LogP contribution in [-0.4, -0.2) is 68.2 Å². The van der Waals surface area contributed by atoms with Crippen molar-refractivity contribution in [1.29, 1.82) is 0 Å². The molecule has 40 heavy (non-hydrogen) atoms. The molecular formula is C30H39F2N3O4S. The number of ketones is 1. The molecule has 2 aromatic rings. The zero-order chi connectivity index (χ0) is 28.3. The Bertz CT molecular complexity index is 1280. The summed E-state index contributed by atoms with van der Waals surface area (Å²) >= 11 is 0. The van der Waals surface area contributed by atoms with E-state index in [2.05, 4.69) is 5.32 Å². The van der Waals surface area contributed by atoms with Crippen LogP contribution in [0.1, 0.15) is 61.1 Å². The highest BCUT2D eigenvalue weighted by atomic mass is 32.2. The Morgan fingerprint density at radius 3 is 2.65 bits per heavy atom. The lowest BCUT2D eigenvalue weighted by atomic mass is 9.80. The minimum absolute atomic E-state index is 0.0499. The van der Waals surface area contributed by atoms with Crippen molar-refractivity contribution in [1.82, 2.24) is 9.62 Å². The molecule has 2 bridgehead atoms. The second-order valence-electron chi connectivity index (χ2n) is 11.4. The average molecular weight is 576 g/mol. The van der Waals surface area contributed by atoms with Crippen LogP contribution in [0.3, 0.4) is 0 Å². The number of ether oxygens (including phenoxy) is 1. The zero-order valence-electron chi connectivity index (χ0n) is 22.7. The predicted octanol–water partition coefficient (Wildman–Crippen LogP) is 3.46. The number of carbonyl (C=O) groups excluding carboxylic acids is 1. The van der Waals surface area contributed by atoms with Gasteiger partial charge in [-0.15, -0.1) is 0 Å². The highest BCUT2D eigenvalue weighted by Gasteiger charge is 2.38. The third-order valence-corrected chi connectivity index (χ3v) is 10.7. The molecule has 7 nitrogen and oxygen atoms in total. The first kappa shape index (κ1) is 29.3. The molecule has 2 aromatic carbocycles. The van der Waals surface area contributed by atoms with Crippen LogP contribution in [-0.2, 0) is 32.4 Å². The fraction of sp³-hybridized carbons (Fsp3) is 0.567. The van der Waals surface area contributed by atoms with Gasteiger partial charge in [-0.05, 0) is 79.8 Å². The van der Waals surface area contributed by atoms with Gasteiger partial charge in [0.05, 0.1) is 17.9 Å². The Kier molecular flexibility index (Phi) is 9.31. The molecule has 0 aromatic heterocycles. The van der Waals surface area contributed by atoms with Gasteiger partial charge in [0.1, 0.15) is 11.6 Å². The maximum Gasteiger partial charge on any atom is 0.214 e. The molecule has 10 heteroatoms. The molecule has 3 saturated heterocycles. The Balaban J connectivity index is 1.32. The van der Waals surface area contributed by atoms with E-state index in [9.17, 15) is 17.6 Å². The summed E-state index contributed by atoms with van der Waals surface area (Å²) in [5, 5.41) is 3.45. The Morgan fingerprint density at radius 2 is 1.90 bits per heavy atom. The number of Topliss-reactive ketones (excluding diaryl/α,β-unsaturated/α-hetero) is 1. The molecule has 0 spiro atoms. The maximum atomic E-state index is 15.1. The van der Waals surface area contributed by atoms with Crippen molar-refractivity contribution in [2.24, 2.45) is 5.73 Å². The number of halogens is 2. The summed E-state index contributed by atoms with van der Waals surface area (Å²) < 4.78 is 62.1. The summed E-state index contributed by atoms with van der Waals surface area (Å²) in [5.74, 6) is -1.33. The molecular weight excluding hydrogens is 536 g/mol. The third kappa shape index (κ3) is 6.62. The molecule has 3 aliphatic rings. The van der Waals surface area contributed by atoms with E-state index in [0.29, 0.717) is 50.1 Å². The molecule has 0 aliphatic carbocycles. The van der Waals surface area contributed by atoms with E-state index in [0.717, 1.165) is 31.2 Å². The number of nitrogens with one attached hydrogen (secondary N) is 1. The third-order valence-electron chi connectivity index (χ3n) is 8.70. The van der Waals surface area contributed by atoms with E-state index >= 15 is 4.39 Å². The van der Waals surface area contributed by atoms with Crippen molar-refractivity contribution < 1.29 is 26.7 Å². The number of sulfonamides is 1. The van der Waals surface area contributed by atoms with Crippen molar-refractivity contribution in [3.05, 3.63) is 70.8 Å². The number of rotatable bonds is 9. The fourth-order valence-corrected chi connectivity index (χ4v) is 8.30. The number of benzene rings is 2. The van der Waals surface area contributed by atoms with E-state index in [1.165, 1.54) is 18.2 Å². The molecule has 3 fully saturated rings. The van der Waals surface area contributed by atoms with Gasteiger partial charge in [-0.25, -0.2) is 17.2 Å². The van der Waals surface area contributed by atoms with Gasteiger partial charge >= 0.3 is 0 Å². The first-order valence-corrected chi connectivity index (χ1v) is 16.0. The summed E-state index contributed by atoms with van der Waals surface area (Å²) in [6, 6.07) is 9.70. The number of nitrogens with two attached hydrogens (primary N) is 1. The summed E-state index contributed by atoms with van der Waals surface area (Å²) in [6.07, 6.45) is 4.56. The van der Waals surface area contributed by atoms with Crippen molar-refractivity contribution in [2.45, 2.75) is 81.5 Å². The number of hydrogen-bond donors (Lipinski definition) is 2. The van der Waals surface area contributed by atoms with Crippen LogP contribution < -0.4 is 11.1 Å². The van der Waals surface area contributed by atoms with Gasteiger partial charge < -0.3 is 15.8 Å². The topological polar surface area (TPSA) is 102 Å². The van der Waals surface area contributed by atoms with Crippen LogP contribution in [0.5, 0.6) is 0 Å². The van der Waals surface area contributed by atoms with Gasteiger partial charge in [0.2, 0.25) is 10.0 Å². The molecule has 5 rings (SSSR count). The maximum absolute atomic E-state index is 15.1. The second-order valence-corrected chi connectivity index (χ2v) is 13.4. The summed E-state index contributed by atoms with van der Waals surface area (Å²) in [6.45, 7) is 1.55. The first-order chi connectivity index (χ1) is 19.2. The monoisotopic (exact) mass is 575 g/mol. The number of fused-ring (bicyclic) bond motifs is 2. The van der Waals surface area contributed by atoms with E-state index in [1.807, 2.05) is 0 Å². The number of hydrogen-bond acceptors (Lipinski definition) is 6. The molecule has 0 saturated carbocycles. The van der Waals surface area contributed by atoms with Crippen LogP contribution in [0.4, 0.5) is 8.78 Å². The largest absolute Gasteiger partial charge is 0.378 e. The van der Waals surface area contributed by atoms with E-state index < -0.39 is 27.8 Å². The van der Waals surface area contributed by atoms with Crippen LogP contribution in [0.25, 0.3) is 0 Å². The average Bonchev–Trinajstić information content (AvgIpc) is 3.06. The van der Waals surface area contributed by atoms with Crippen LogP contribution >= 0.6 is 0 Å². The first-order valence-electron chi connectivity index (χ1n) is 14.4. The Hall–Kier alpha value is -2.24. The highest BCUT2D eigenvalue weighted by Crippen LogP contribution is 2.32. The minimum atomic E-state index is -3.35. The van der Waals surface area contributed by atoms with Crippen molar-refractivity contribution in [3.63, 3.8) is 0 Å². The number of piperazine rings is 1. The van der Waals surface area contributed by atoms with Gasteiger partial charge in [-0.2, -0.15) is 4.31 Å². The second kappa shape index (κ2) is 12.7. The highest BCUT2D eigenvalue weighted by molar-refractivity contribution is 7.89. The van der Waals surface area contributed by atoms with Crippen molar-refractivity contribution in [2.75, 3.05) is 25.4 Å². The molecule has 6 atom stereocenters. The molecule has 218 valence electrons. The Morgan fingerprint density at radius 1 is 1.10 bits per heavy atom. The molecule has 3 heterocycles. The molecule has 2 unspecified atom stereocenters. The summed E-state index contributed by atoms with van der Waals surface area (Å²) in [7, 11) is -3.35. The quantitative estimate of drug-likeness (QED) is 0.475. The lowest BCUT2D eigenvalue weighted by Gasteiger charge is -2.37. The van der Waals surface area contributed by atoms with Gasteiger partial charge in [-0.3, -0.25) is 4.79 Å². The van der Waals surface area contributed by atoms with E-state index in [4.69, 9.17) is 10.5 Å². The van der Waals surface area contributed by atoms with Gasteiger partial charge in [0.25, 0.3) is 0 Å². The van der Waals surface area contributed by atoms with Crippen LogP contribution in [0, 0.1) is 11.6 Å². The Labute approximate surface area is 235 Å². The fourth-order valence-electron chi connectivity index (χ4n) is 6.50. The summed E-state index contributed by atoms with van der Waals surface area (Å²) in [5.41, 5.74) is 8.32. The van der Waals surface area contributed by atoms with Crippen molar-refractivity contribution in [3.8, 4) is 0 Å². The summed E-state index contributed by atoms with van der Waals surface area (Å²) in [4.78, 5) is 13.6. The lowest BCUT2D eigenvalue weighted by Crippen LogP contribution is -2.57. The van der Waals surface area contributed by atoms with Gasteiger partial charge in [0.15, 0.2) is 5.78 Å². The molecule has 3 aliphatic heterocycles. The minimum Gasteiger partial charge on any atom is -0.378 e.